The highest BCUT2D eigenvalue weighted by Gasteiger charge is 2.29. The van der Waals surface area contributed by atoms with Crippen LogP contribution in [0.5, 0.6) is 5.75 Å². The molecule has 0 aliphatic carbocycles. The second-order valence-electron chi connectivity index (χ2n) is 7.65. The van der Waals surface area contributed by atoms with Crippen LogP contribution in [0.3, 0.4) is 0 Å². The molecule has 0 aliphatic rings. The maximum Gasteiger partial charge on any atom is 0.339 e. The van der Waals surface area contributed by atoms with Crippen molar-refractivity contribution in [2.75, 3.05) is 30.4 Å². The molecule has 3 aromatic carbocycles. The van der Waals surface area contributed by atoms with Gasteiger partial charge < -0.3 is 14.8 Å². The molecule has 0 heterocycles. The summed E-state index contributed by atoms with van der Waals surface area (Å²) in [5.41, 5.74) is 0.200. The van der Waals surface area contributed by atoms with Gasteiger partial charge in [-0.3, -0.25) is 19.2 Å². The predicted molar refractivity (Wildman–Crippen MR) is 137 cm³/mol. The first-order chi connectivity index (χ1) is 17.5. The molecule has 0 saturated carbocycles. The lowest BCUT2D eigenvalue weighted by atomic mass is 10.2. The molecule has 3 aromatic rings. The Morgan fingerprint density at radius 2 is 1.73 bits per heavy atom. The van der Waals surface area contributed by atoms with E-state index in [2.05, 4.69) is 10.1 Å². The van der Waals surface area contributed by atoms with Crippen molar-refractivity contribution in [1.29, 1.82) is 0 Å². The molecular weight excluding hydrogens is 526 g/mol. The molecule has 1 amide bonds. The molecule has 37 heavy (non-hydrogen) atoms. The lowest BCUT2D eigenvalue weighted by Crippen LogP contribution is -2.38. The van der Waals surface area contributed by atoms with E-state index in [1.807, 2.05) is 0 Å². The number of nitrogens with one attached hydrogen (secondary N) is 1. The van der Waals surface area contributed by atoms with Crippen molar-refractivity contribution in [1.82, 2.24) is 0 Å². The van der Waals surface area contributed by atoms with Crippen LogP contribution in [0.25, 0.3) is 0 Å². The van der Waals surface area contributed by atoms with E-state index in [0.29, 0.717) is 5.75 Å². The summed E-state index contributed by atoms with van der Waals surface area (Å²) >= 11 is 6.01. The second kappa shape index (κ2) is 11.3. The van der Waals surface area contributed by atoms with E-state index in [0.717, 1.165) is 10.4 Å². The van der Waals surface area contributed by atoms with E-state index < -0.39 is 33.4 Å². The van der Waals surface area contributed by atoms with Gasteiger partial charge in [-0.2, -0.15) is 0 Å². The number of esters is 1. The maximum atomic E-state index is 13.6. The largest absolute Gasteiger partial charge is 0.497 e. The van der Waals surface area contributed by atoms with E-state index in [4.69, 9.17) is 16.3 Å². The first kappa shape index (κ1) is 27.4. The number of sulfonamides is 1. The third kappa shape index (κ3) is 6.16. The standard InChI is InChI=1S/C24H22ClN3O8S/c1-15-4-10-19(13-22(15)28(31)32)37(33,34)27(17-6-8-18(35-2)9-7-17)14-23(29)26-16-5-11-21(25)20(12-16)24(30)36-3/h4-13H,14H2,1-3H3,(H,26,29). The predicted octanol–water partition coefficient (Wildman–Crippen LogP) is 4.19. The zero-order valence-corrected chi connectivity index (χ0v) is 21.5. The van der Waals surface area contributed by atoms with Crippen LogP contribution in [0.4, 0.5) is 17.1 Å². The van der Waals surface area contributed by atoms with Crippen LogP contribution in [0.2, 0.25) is 5.02 Å². The number of rotatable bonds is 9. The van der Waals surface area contributed by atoms with Gasteiger partial charge in [0.25, 0.3) is 15.7 Å². The fraction of sp³-hybridized carbons (Fsp3) is 0.167. The van der Waals surface area contributed by atoms with Crippen LogP contribution in [-0.4, -0.2) is 46.0 Å². The fourth-order valence-electron chi connectivity index (χ4n) is 3.34. The molecule has 11 nitrogen and oxygen atoms in total. The number of carbonyl (C=O) groups excluding carboxylic acids is 2. The molecule has 3 rings (SSSR count). The molecular formula is C24H22ClN3O8S. The summed E-state index contributed by atoms with van der Waals surface area (Å²) in [6, 6.07) is 13.5. The van der Waals surface area contributed by atoms with E-state index in [-0.39, 0.29) is 38.1 Å². The van der Waals surface area contributed by atoms with E-state index in [1.165, 1.54) is 75.7 Å². The number of nitro benzene ring substituents is 1. The van der Waals surface area contributed by atoms with Gasteiger partial charge in [0.2, 0.25) is 5.91 Å². The summed E-state index contributed by atoms with van der Waals surface area (Å²) in [6.45, 7) is 0.796. The van der Waals surface area contributed by atoms with Crippen LogP contribution in [0.15, 0.2) is 65.6 Å². The van der Waals surface area contributed by atoms with E-state index >= 15 is 0 Å². The first-order valence-corrected chi connectivity index (χ1v) is 12.4. The Balaban J connectivity index is 2.00. The summed E-state index contributed by atoms with van der Waals surface area (Å²) in [5, 5.41) is 14.0. The summed E-state index contributed by atoms with van der Waals surface area (Å²) in [6.07, 6.45) is 0. The summed E-state index contributed by atoms with van der Waals surface area (Å²) in [7, 11) is -1.82. The highest BCUT2D eigenvalue weighted by atomic mass is 35.5. The zero-order chi connectivity index (χ0) is 27.3. The topological polar surface area (TPSA) is 145 Å². The Morgan fingerprint density at radius 3 is 2.32 bits per heavy atom. The normalized spacial score (nSPS) is 10.9. The number of benzene rings is 3. The molecule has 0 spiro atoms. The van der Waals surface area contributed by atoms with Gasteiger partial charge in [0.05, 0.1) is 40.3 Å². The molecule has 0 fully saturated rings. The van der Waals surface area contributed by atoms with Crippen LogP contribution < -0.4 is 14.4 Å². The van der Waals surface area contributed by atoms with Gasteiger partial charge in [0.15, 0.2) is 0 Å². The SMILES string of the molecule is COC(=O)c1cc(NC(=O)CN(c2ccc(OC)cc2)S(=O)(=O)c2ccc(C)c([N+](=O)[O-])c2)ccc1Cl. The number of hydrogen-bond acceptors (Lipinski definition) is 8. The number of carbonyl (C=O) groups is 2. The second-order valence-corrected chi connectivity index (χ2v) is 9.92. The zero-order valence-electron chi connectivity index (χ0n) is 19.9. The number of anilines is 2. The molecule has 0 aromatic heterocycles. The molecule has 0 bridgehead atoms. The van der Waals surface area contributed by atoms with Gasteiger partial charge in [-0.1, -0.05) is 17.7 Å². The Kier molecular flexibility index (Phi) is 8.35. The van der Waals surface area contributed by atoms with Crippen molar-refractivity contribution in [3.8, 4) is 5.75 Å². The average molecular weight is 548 g/mol. The van der Waals surface area contributed by atoms with Crippen LogP contribution >= 0.6 is 11.6 Å². The Morgan fingerprint density at radius 1 is 1.05 bits per heavy atom. The fourth-order valence-corrected chi connectivity index (χ4v) is 4.97. The smallest absolute Gasteiger partial charge is 0.339 e. The van der Waals surface area contributed by atoms with Crippen molar-refractivity contribution in [2.24, 2.45) is 0 Å². The van der Waals surface area contributed by atoms with Crippen LogP contribution in [0, 0.1) is 17.0 Å². The van der Waals surface area contributed by atoms with Gasteiger partial charge in [0.1, 0.15) is 12.3 Å². The Labute approximate surface area is 217 Å². The molecule has 194 valence electrons. The van der Waals surface area contributed by atoms with Crippen LogP contribution in [-0.2, 0) is 19.6 Å². The lowest BCUT2D eigenvalue weighted by Gasteiger charge is -2.24. The molecule has 0 radical (unpaired) electrons. The maximum absolute atomic E-state index is 13.6. The van der Waals surface area contributed by atoms with Crippen molar-refractivity contribution >= 4 is 50.6 Å². The lowest BCUT2D eigenvalue weighted by molar-refractivity contribution is -0.385. The van der Waals surface area contributed by atoms with Crippen LogP contribution in [0.1, 0.15) is 15.9 Å². The van der Waals surface area contributed by atoms with E-state index in [9.17, 15) is 28.1 Å². The first-order valence-electron chi connectivity index (χ1n) is 10.6. The number of methoxy groups -OCH3 is 2. The van der Waals surface area contributed by atoms with Gasteiger partial charge in [0, 0.05) is 17.3 Å². The van der Waals surface area contributed by atoms with Gasteiger partial charge in [-0.05, 0) is 55.5 Å². The monoisotopic (exact) mass is 547 g/mol. The molecule has 0 atom stereocenters. The summed E-state index contributed by atoms with van der Waals surface area (Å²) in [5.74, 6) is -1.02. The molecule has 0 aliphatic heterocycles. The molecule has 0 unspecified atom stereocenters. The minimum absolute atomic E-state index is 0.00793. The number of aryl methyl sites for hydroxylation is 1. The minimum atomic E-state index is -4.43. The highest BCUT2D eigenvalue weighted by molar-refractivity contribution is 7.92. The average Bonchev–Trinajstić information content (AvgIpc) is 2.87. The number of hydrogen-bond donors (Lipinski definition) is 1. The summed E-state index contributed by atoms with van der Waals surface area (Å²) in [4.78, 5) is 35.2. The molecule has 1 N–H and O–H groups in total. The minimum Gasteiger partial charge on any atom is -0.497 e. The van der Waals surface area contributed by atoms with Crippen molar-refractivity contribution in [2.45, 2.75) is 11.8 Å². The van der Waals surface area contributed by atoms with Crippen molar-refractivity contribution < 1.29 is 32.4 Å². The third-order valence-corrected chi connectivity index (χ3v) is 7.37. The number of nitro groups is 1. The number of nitrogens with zero attached hydrogens (tertiary/aromatic N) is 2. The Bertz CT molecular complexity index is 1460. The number of halogens is 1. The van der Waals surface area contributed by atoms with Crippen molar-refractivity contribution in [3.05, 3.63) is 86.9 Å². The van der Waals surface area contributed by atoms with Gasteiger partial charge in [-0.25, -0.2) is 13.2 Å². The summed E-state index contributed by atoms with van der Waals surface area (Å²) < 4.78 is 37.8. The molecule has 13 heteroatoms. The van der Waals surface area contributed by atoms with Crippen molar-refractivity contribution in [3.63, 3.8) is 0 Å². The van der Waals surface area contributed by atoms with Gasteiger partial charge in [-0.15, -0.1) is 0 Å². The highest BCUT2D eigenvalue weighted by Crippen LogP contribution is 2.29. The van der Waals surface area contributed by atoms with Gasteiger partial charge >= 0.3 is 5.97 Å². The third-order valence-electron chi connectivity index (χ3n) is 5.27. The van der Waals surface area contributed by atoms with E-state index in [1.54, 1.807) is 0 Å². The number of ether oxygens (including phenoxy) is 2. The Hall–Kier alpha value is -4.16. The number of amides is 1. The molecule has 0 saturated heterocycles. The quantitative estimate of drug-likeness (QED) is 0.238.